The van der Waals surface area contributed by atoms with E-state index in [0.29, 0.717) is 5.82 Å². The molecule has 1 aromatic carbocycles. The molecule has 146 valence electrons. The van der Waals surface area contributed by atoms with Crippen molar-refractivity contribution in [1.82, 2.24) is 14.6 Å². The number of fused-ring (bicyclic) bond motifs is 1. The van der Waals surface area contributed by atoms with Gasteiger partial charge in [0.15, 0.2) is 5.65 Å². The van der Waals surface area contributed by atoms with Crippen molar-refractivity contribution in [2.75, 3.05) is 11.4 Å². The highest BCUT2D eigenvalue weighted by Gasteiger charge is 2.35. The van der Waals surface area contributed by atoms with Crippen LogP contribution in [0.4, 0.5) is 14.6 Å². The molecule has 2 aromatic heterocycles. The molecule has 0 unspecified atom stereocenters. The number of alkyl halides is 1. The smallest absolute Gasteiger partial charge is 0.341 e. The van der Waals surface area contributed by atoms with E-state index in [-0.39, 0.29) is 36.0 Å². The predicted octanol–water partition coefficient (Wildman–Crippen LogP) is 3.81. The molecule has 0 spiro atoms. The lowest BCUT2D eigenvalue weighted by atomic mass is 9.95. The molecule has 1 N–H and O–H groups in total. The normalized spacial score (nSPS) is 19.5. The number of aryl methyl sites for hydroxylation is 1. The fourth-order valence-electron chi connectivity index (χ4n) is 3.88. The van der Waals surface area contributed by atoms with Gasteiger partial charge in [-0.3, -0.25) is 0 Å². The van der Waals surface area contributed by atoms with Crippen LogP contribution in [0.2, 0.25) is 0 Å². The minimum atomic E-state index is -1.13. The fourth-order valence-corrected chi connectivity index (χ4v) is 3.88. The number of rotatable bonds is 5. The molecule has 2 atom stereocenters. The Morgan fingerprint density at radius 1 is 1.36 bits per heavy atom. The maximum Gasteiger partial charge on any atom is 0.341 e. The zero-order valence-electron chi connectivity index (χ0n) is 15.3. The van der Waals surface area contributed by atoms with E-state index in [9.17, 15) is 18.7 Å². The van der Waals surface area contributed by atoms with Gasteiger partial charge in [0.1, 0.15) is 23.4 Å². The standard InChI is InChI=1S/C20H20F2N4O2/c1-2-3-12-4-5-13(21)8-15(12)17-9-14(22)11-25(17)18-6-7-26-19(24-18)16(10-23-26)20(27)28/h4-8,10,14,17H,2-3,9,11H2,1H3,(H,27,28)/t14-,17-/m0/s1. The second-order valence-corrected chi connectivity index (χ2v) is 7.01. The van der Waals surface area contributed by atoms with Gasteiger partial charge in [0.05, 0.1) is 18.8 Å². The molecule has 0 bridgehead atoms. The van der Waals surface area contributed by atoms with Gasteiger partial charge in [-0.1, -0.05) is 19.4 Å². The van der Waals surface area contributed by atoms with Gasteiger partial charge in [-0.2, -0.15) is 5.10 Å². The summed E-state index contributed by atoms with van der Waals surface area (Å²) in [4.78, 5) is 17.6. The summed E-state index contributed by atoms with van der Waals surface area (Å²) in [6, 6.07) is 5.97. The summed E-state index contributed by atoms with van der Waals surface area (Å²) in [5.74, 6) is -1.03. The van der Waals surface area contributed by atoms with Crippen molar-refractivity contribution >= 4 is 17.4 Å². The number of hydrogen-bond acceptors (Lipinski definition) is 4. The highest BCUT2D eigenvalue weighted by atomic mass is 19.1. The first-order chi connectivity index (χ1) is 13.5. The second kappa shape index (κ2) is 7.18. The molecule has 6 nitrogen and oxygen atoms in total. The monoisotopic (exact) mass is 386 g/mol. The molecule has 0 amide bonds. The highest BCUT2D eigenvalue weighted by molar-refractivity contribution is 5.94. The van der Waals surface area contributed by atoms with E-state index in [1.165, 1.54) is 22.8 Å². The van der Waals surface area contributed by atoms with Crippen molar-refractivity contribution in [3.8, 4) is 0 Å². The SMILES string of the molecule is CCCc1ccc(F)cc1[C@@H]1C[C@H](F)CN1c1ccn2ncc(C(=O)O)c2n1. The molecule has 1 fully saturated rings. The van der Waals surface area contributed by atoms with Gasteiger partial charge in [-0.05, 0) is 35.7 Å². The Balaban J connectivity index is 1.79. The Morgan fingerprint density at radius 2 is 2.18 bits per heavy atom. The van der Waals surface area contributed by atoms with Gasteiger partial charge in [-0.25, -0.2) is 23.1 Å². The van der Waals surface area contributed by atoms with E-state index in [2.05, 4.69) is 10.1 Å². The van der Waals surface area contributed by atoms with Gasteiger partial charge >= 0.3 is 5.97 Å². The lowest BCUT2D eigenvalue weighted by Crippen LogP contribution is -2.25. The molecular formula is C20H20F2N4O2. The quantitative estimate of drug-likeness (QED) is 0.722. The van der Waals surface area contributed by atoms with E-state index >= 15 is 0 Å². The first-order valence-electron chi connectivity index (χ1n) is 9.24. The Morgan fingerprint density at radius 3 is 2.93 bits per heavy atom. The van der Waals surface area contributed by atoms with Gasteiger partial charge in [0.2, 0.25) is 0 Å². The van der Waals surface area contributed by atoms with Crippen LogP contribution < -0.4 is 4.90 Å². The maximum absolute atomic E-state index is 14.4. The summed E-state index contributed by atoms with van der Waals surface area (Å²) in [6.07, 6.45) is 3.66. The molecule has 8 heteroatoms. The molecule has 28 heavy (non-hydrogen) atoms. The summed E-state index contributed by atoms with van der Waals surface area (Å²) in [6.45, 7) is 2.16. The van der Waals surface area contributed by atoms with Gasteiger partial charge in [0.25, 0.3) is 0 Å². The average Bonchev–Trinajstić information content (AvgIpc) is 3.26. The Labute approximate surface area is 160 Å². The Kier molecular flexibility index (Phi) is 4.70. The average molecular weight is 386 g/mol. The van der Waals surface area contributed by atoms with Gasteiger partial charge < -0.3 is 10.0 Å². The molecule has 3 aromatic rings. The molecule has 1 aliphatic heterocycles. The molecule has 3 heterocycles. The van der Waals surface area contributed by atoms with Gasteiger partial charge in [0, 0.05) is 12.6 Å². The maximum atomic E-state index is 14.4. The van der Waals surface area contributed by atoms with Crippen molar-refractivity contribution in [2.45, 2.75) is 38.4 Å². The molecule has 0 radical (unpaired) electrons. The van der Waals surface area contributed by atoms with E-state index in [1.54, 1.807) is 23.2 Å². The van der Waals surface area contributed by atoms with Crippen LogP contribution in [0.15, 0.2) is 36.7 Å². The highest BCUT2D eigenvalue weighted by Crippen LogP contribution is 2.38. The Bertz CT molecular complexity index is 1040. The van der Waals surface area contributed by atoms with Crippen LogP contribution >= 0.6 is 0 Å². The van der Waals surface area contributed by atoms with Crippen LogP contribution in [0.1, 0.15) is 47.3 Å². The van der Waals surface area contributed by atoms with E-state index in [0.717, 1.165) is 24.0 Å². The lowest BCUT2D eigenvalue weighted by molar-refractivity contribution is 0.0698. The van der Waals surface area contributed by atoms with Crippen molar-refractivity contribution in [1.29, 1.82) is 0 Å². The largest absolute Gasteiger partial charge is 0.477 e. The number of carbonyl (C=O) groups is 1. The van der Waals surface area contributed by atoms with Crippen molar-refractivity contribution in [3.63, 3.8) is 0 Å². The third-order valence-corrected chi connectivity index (χ3v) is 5.12. The van der Waals surface area contributed by atoms with Crippen LogP contribution in [-0.4, -0.2) is 38.4 Å². The predicted molar refractivity (Wildman–Crippen MR) is 99.9 cm³/mol. The van der Waals surface area contributed by atoms with Crippen LogP contribution in [0, 0.1) is 5.82 Å². The molecule has 4 rings (SSSR count). The van der Waals surface area contributed by atoms with E-state index < -0.39 is 12.1 Å². The first-order valence-corrected chi connectivity index (χ1v) is 9.24. The minimum Gasteiger partial charge on any atom is -0.477 e. The fraction of sp³-hybridized carbons (Fsp3) is 0.350. The molecular weight excluding hydrogens is 366 g/mol. The van der Waals surface area contributed by atoms with Gasteiger partial charge in [-0.15, -0.1) is 0 Å². The summed E-state index contributed by atoms with van der Waals surface area (Å²) in [5, 5.41) is 13.3. The number of hydrogen-bond donors (Lipinski definition) is 1. The van der Waals surface area contributed by atoms with Crippen molar-refractivity contribution < 1.29 is 18.7 Å². The third kappa shape index (κ3) is 3.19. The van der Waals surface area contributed by atoms with Crippen LogP contribution in [-0.2, 0) is 6.42 Å². The number of aromatic nitrogens is 3. The summed E-state index contributed by atoms with van der Waals surface area (Å²) < 4.78 is 29.7. The summed E-state index contributed by atoms with van der Waals surface area (Å²) in [7, 11) is 0. The van der Waals surface area contributed by atoms with E-state index in [1.807, 2.05) is 6.92 Å². The zero-order chi connectivity index (χ0) is 19.8. The summed E-state index contributed by atoms with van der Waals surface area (Å²) >= 11 is 0. The molecule has 1 aliphatic rings. The van der Waals surface area contributed by atoms with E-state index in [4.69, 9.17) is 0 Å². The molecule has 0 aliphatic carbocycles. The number of carboxylic acid groups (broad SMARTS) is 1. The number of carboxylic acids is 1. The number of nitrogens with zero attached hydrogens (tertiary/aromatic N) is 4. The number of halogens is 2. The molecule has 0 saturated carbocycles. The Hall–Kier alpha value is -3.03. The van der Waals surface area contributed by atoms with Crippen LogP contribution in [0.3, 0.4) is 0 Å². The molecule has 1 saturated heterocycles. The number of anilines is 1. The second-order valence-electron chi connectivity index (χ2n) is 7.01. The minimum absolute atomic E-state index is 0.0215. The topological polar surface area (TPSA) is 70.7 Å². The number of benzene rings is 1. The first kappa shape index (κ1) is 18.3. The van der Waals surface area contributed by atoms with Crippen LogP contribution in [0.25, 0.3) is 5.65 Å². The van der Waals surface area contributed by atoms with Crippen molar-refractivity contribution in [3.05, 3.63) is 59.2 Å². The lowest BCUT2D eigenvalue weighted by Gasteiger charge is -2.27. The van der Waals surface area contributed by atoms with Crippen LogP contribution in [0.5, 0.6) is 0 Å². The number of aromatic carboxylic acids is 1. The third-order valence-electron chi connectivity index (χ3n) is 5.12. The summed E-state index contributed by atoms with van der Waals surface area (Å²) in [5.41, 5.74) is 1.92. The zero-order valence-corrected chi connectivity index (χ0v) is 15.3. The van der Waals surface area contributed by atoms with Crippen molar-refractivity contribution in [2.24, 2.45) is 0 Å².